The summed E-state index contributed by atoms with van der Waals surface area (Å²) in [6.45, 7) is 2.58. The normalized spacial score (nSPS) is 24.5. The third-order valence-electron chi connectivity index (χ3n) is 23.7. The van der Waals surface area contributed by atoms with Crippen molar-refractivity contribution in [1.29, 1.82) is 0 Å². The third-order valence-corrected chi connectivity index (χ3v) is 24.7. The number of halogens is 3. The van der Waals surface area contributed by atoms with Gasteiger partial charge in [-0.2, -0.15) is 0 Å². The highest BCUT2D eigenvalue weighted by Crippen LogP contribution is 2.29. The van der Waals surface area contributed by atoms with Crippen molar-refractivity contribution in [3.8, 4) is 5.75 Å². The Bertz CT molecular complexity index is 5260. The van der Waals surface area contributed by atoms with Gasteiger partial charge in [-0.1, -0.05) is 125 Å². The smallest absolute Gasteiger partial charge is 0.305 e. The van der Waals surface area contributed by atoms with Gasteiger partial charge in [-0.05, 0) is 96.3 Å². The molecule has 43 heteroatoms. The van der Waals surface area contributed by atoms with E-state index in [0.29, 0.717) is 63.5 Å². The minimum atomic E-state index is -2.08. The van der Waals surface area contributed by atoms with Crippen molar-refractivity contribution in [2.45, 2.75) is 208 Å². The molecule has 15 amide bonds. The molecule has 15 atom stereocenters. The maximum absolute atomic E-state index is 15.7. The number of rotatable bonds is 25. The number of primary amides is 1. The zero-order valence-electron chi connectivity index (χ0n) is 75.3. The van der Waals surface area contributed by atoms with Crippen LogP contribution < -0.4 is 59.3 Å². The zero-order valence-corrected chi connectivity index (χ0v) is 76.1. The predicted octanol–water partition coefficient (Wildman–Crippen LogP) is -0.640. The number of aliphatic hydroxyl groups excluding tert-OH is 2. The summed E-state index contributed by atoms with van der Waals surface area (Å²) in [7, 11) is 3.53. The molecular formula is C92H116F3N17O22S. The van der Waals surface area contributed by atoms with Crippen LogP contribution in [0.2, 0.25) is 0 Å². The van der Waals surface area contributed by atoms with Crippen molar-refractivity contribution in [2.24, 2.45) is 17.4 Å². The van der Waals surface area contributed by atoms with E-state index in [4.69, 9.17) is 11.5 Å². The summed E-state index contributed by atoms with van der Waals surface area (Å²) in [6.07, 6.45) is -7.34. The van der Waals surface area contributed by atoms with E-state index in [1.54, 1.807) is 91.9 Å². The summed E-state index contributed by atoms with van der Waals surface area (Å²) in [6, 6.07) is 6.49. The quantitative estimate of drug-likeness (QED) is 0.0317. The summed E-state index contributed by atoms with van der Waals surface area (Å²) in [5.41, 5.74) is 13.1. The summed E-state index contributed by atoms with van der Waals surface area (Å²) >= 11 is 0.624. The number of phenols is 1. The van der Waals surface area contributed by atoms with E-state index in [-0.39, 0.29) is 57.2 Å². The van der Waals surface area contributed by atoms with Crippen LogP contribution in [0.4, 0.5) is 13.2 Å². The second-order valence-corrected chi connectivity index (χ2v) is 35.1. The van der Waals surface area contributed by atoms with Crippen LogP contribution in [-0.2, 0) is 114 Å². The Kier molecular flexibility index (Phi) is 38.5. The van der Waals surface area contributed by atoms with Crippen LogP contribution in [0.25, 0.3) is 10.9 Å². The van der Waals surface area contributed by atoms with Crippen molar-refractivity contribution >= 4 is 123 Å². The summed E-state index contributed by atoms with van der Waals surface area (Å²) in [5, 5.41) is 77.1. The first-order valence-electron chi connectivity index (χ1n) is 44.2. The third kappa shape index (κ3) is 29.2. The number of benzene rings is 5. The number of aromatic hydroxyl groups is 1. The molecule has 0 spiro atoms. The fraction of sp³-hybridized carbons (Fsp3) is 0.467. The molecule has 4 heterocycles. The molecule has 9 rings (SSSR count). The molecule has 3 fully saturated rings. The van der Waals surface area contributed by atoms with Crippen molar-refractivity contribution in [3.05, 3.63) is 173 Å². The van der Waals surface area contributed by atoms with Gasteiger partial charge in [0.2, 0.25) is 88.6 Å². The van der Waals surface area contributed by atoms with E-state index < -0.39 is 296 Å². The number of likely N-dealkylation sites (N-methyl/N-ethyl adjacent to an activating group) is 3. The van der Waals surface area contributed by atoms with E-state index in [2.05, 4.69) is 52.8 Å². The SMILES string of the molecule is CCCC[C@H]1C(=O)N2C[C@@H](O)C[C@@H]2C(=O)N[C@@H](CC(=O)O)C(=O)N[C@@H](C(C)C)C(=O)N(C)[C@H](Cc2ccccc2)C(=O)N[C@H](CCC(=O)O)C(=O)N2C[C@H](O)C[C@@H]2C(=O)N[C@@H](Cc2c[nH]c3ccccc23)C(=O)N[C@@H](Cc2ccc(O)cc2)C(=O)N[C@@H](CCCN)C(=O)N[C@H](C(=O)NCC(N)=O)CSCC(=O)N[C@@H](Cc2cc(F)c(F)c(F)c2)C(=O)N(C)[C@@H](Cc2ccccc2)C(=O)N1C. The first-order chi connectivity index (χ1) is 64.1. The Morgan fingerprint density at radius 2 is 1.02 bits per heavy atom. The largest absolute Gasteiger partial charge is 0.508 e. The lowest BCUT2D eigenvalue weighted by molar-refractivity contribution is -0.152. The lowest BCUT2D eigenvalue weighted by Gasteiger charge is -2.38. The van der Waals surface area contributed by atoms with Gasteiger partial charge in [0.1, 0.15) is 84.3 Å². The number of fused-ring (bicyclic) bond motifs is 3. The van der Waals surface area contributed by atoms with Gasteiger partial charge in [-0.3, -0.25) is 81.5 Å². The minimum absolute atomic E-state index is 0.00873. The fourth-order valence-electron chi connectivity index (χ4n) is 16.4. The number of para-hydroxylation sites is 1. The molecule has 3 saturated heterocycles. The molecule has 0 aliphatic carbocycles. The van der Waals surface area contributed by atoms with E-state index in [9.17, 15) is 68.3 Å². The fourth-order valence-corrected chi connectivity index (χ4v) is 17.2. The van der Waals surface area contributed by atoms with Crippen LogP contribution in [0.15, 0.2) is 128 Å². The number of aromatic nitrogens is 1. The van der Waals surface area contributed by atoms with Gasteiger partial charge in [0.05, 0.1) is 30.9 Å². The van der Waals surface area contributed by atoms with Gasteiger partial charge >= 0.3 is 11.9 Å². The molecule has 5 aromatic carbocycles. The summed E-state index contributed by atoms with van der Waals surface area (Å²) in [4.78, 5) is 257. The van der Waals surface area contributed by atoms with E-state index in [1.165, 1.54) is 58.4 Å². The Hall–Kier alpha value is -13.6. The number of carbonyl (C=O) groups excluding carboxylic acids is 15. The molecule has 728 valence electrons. The number of hydrogen-bond donors (Lipinski definition) is 17. The number of nitrogens with zero attached hydrogens (tertiary/aromatic N) is 5. The van der Waals surface area contributed by atoms with Gasteiger partial charge in [0.15, 0.2) is 17.5 Å². The maximum atomic E-state index is 15.7. The molecule has 19 N–H and O–H groups in total. The second-order valence-electron chi connectivity index (χ2n) is 34.1. The molecular weight excluding hydrogens is 1780 g/mol. The number of H-pyrrole nitrogens is 1. The van der Waals surface area contributed by atoms with E-state index >= 15 is 51.9 Å². The monoisotopic (exact) mass is 1900 g/mol. The van der Waals surface area contributed by atoms with E-state index in [0.717, 1.165) is 31.5 Å². The summed E-state index contributed by atoms with van der Waals surface area (Å²) in [5.74, 6) is -27.3. The topological polar surface area (TPSA) is 584 Å². The first-order valence-corrected chi connectivity index (χ1v) is 45.3. The van der Waals surface area contributed by atoms with Gasteiger partial charge in [0.25, 0.3) is 0 Å². The van der Waals surface area contributed by atoms with Crippen molar-refractivity contribution in [2.75, 3.05) is 58.8 Å². The molecule has 0 radical (unpaired) electrons. The van der Waals surface area contributed by atoms with Crippen LogP contribution in [0.1, 0.15) is 113 Å². The number of thioether (sulfide) groups is 1. The number of hydrogen-bond acceptors (Lipinski definition) is 22. The molecule has 0 saturated carbocycles. The maximum Gasteiger partial charge on any atom is 0.305 e. The number of amides is 15. The standard InChI is InChI=1S/C92H116F3N17O22S/c1-7-8-25-69-91(133)112-46-57(115)41-72(112)87(129)105-66(42-77(120)121)84(126)107-79(49(2)3)92(134)109(5)70(37-50-18-11-9-12-19-50)85(127)102-63(30-31-76(118)119)89(131)111-45-56(114)40-71(111)86(128)104-65(39-54-43-98-61-23-16-15-22-58(54)61)83(125)103-64(35-52-26-28-55(113)29-27-52)82(124)101-62(24-17-32-96)81(123)106-68(80(122)99-44-74(97)116)47-135-48-75(117)100-67(36-53-33-59(93)78(95)60(94)34-53)88(130)110(6)73(90(132)108(69)4)38-51-20-13-10-14-21-51/h9-16,18-23,26-29,33-34,43,49,56-57,62-73,79,98,113-115H,7-8,17,24-25,30-32,35-42,44-48,96H2,1-6H3,(H2,97,116)(H,99,122)(H,100,117)(H,101,124)(H,102,127)(H,103,125)(H,104,128)(H,105,129)(H,106,123)(H,107,126)(H,118,119)(H,120,121)/t56-,57+,62+,63-,64+,65+,66+,67+,68+,69+,70-,71-,72-,73+,79+/m1/s1. The number of phenolic OH excluding ortho intramolecular Hbond substituents is 1. The number of carboxylic acids is 2. The Morgan fingerprint density at radius 1 is 0.511 bits per heavy atom. The lowest BCUT2D eigenvalue weighted by Crippen LogP contribution is -2.62. The molecule has 135 heavy (non-hydrogen) atoms. The highest BCUT2D eigenvalue weighted by Gasteiger charge is 2.48. The average molecular weight is 1900 g/mol. The van der Waals surface area contributed by atoms with Gasteiger partial charge in [-0.15, -0.1) is 11.8 Å². The Balaban J connectivity index is 1.14. The highest BCUT2D eigenvalue weighted by molar-refractivity contribution is 8.00. The number of nitrogens with two attached hydrogens (primary N) is 2. The average Bonchev–Trinajstić information content (AvgIpc) is 1.64. The molecule has 39 nitrogen and oxygen atoms in total. The predicted molar refractivity (Wildman–Crippen MR) is 483 cm³/mol. The number of aliphatic carboxylic acids is 2. The lowest BCUT2D eigenvalue weighted by atomic mass is 9.98. The first kappa shape index (κ1) is 105. The molecule has 1 aromatic heterocycles. The number of nitrogens with one attached hydrogen (secondary N) is 10. The van der Waals surface area contributed by atoms with Crippen molar-refractivity contribution in [3.63, 3.8) is 0 Å². The molecule has 6 aromatic rings. The Labute approximate surface area is 779 Å². The van der Waals surface area contributed by atoms with Gasteiger partial charge in [0, 0.05) is 108 Å². The second kappa shape index (κ2) is 49.4. The van der Waals surface area contributed by atoms with Crippen LogP contribution in [0.3, 0.4) is 0 Å². The van der Waals surface area contributed by atoms with Crippen LogP contribution in [-0.4, -0.2) is 305 Å². The number of aliphatic hydroxyl groups is 2. The molecule has 0 bridgehead atoms. The number of carbonyl (C=O) groups is 17. The number of aromatic amines is 1. The van der Waals surface area contributed by atoms with Crippen molar-refractivity contribution < 1.29 is 120 Å². The van der Waals surface area contributed by atoms with E-state index in [1.807, 2.05) is 0 Å². The van der Waals surface area contributed by atoms with Crippen LogP contribution in [0.5, 0.6) is 5.75 Å². The molecule has 3 aliphatic rings. The number of unbranched alkanes of at least 4 members (excludes halogenated alkanes) is 1. The van der Waals surface area contributed by atoms with Gasteiger partial charge in [-0.25, -0.2) is 13.2 Å². The summed E-state index contributed by atoms with van der Waals surface area (Å²) < 4.78 is 45.1. The molecule has 0 unspecified atom stereocenters. The minimum Gasteiger partial charge on any atom is -0.508 e. The highest BCUT2D eigenvalue weighted by atomic mass is 32.2. The van der Waals surface area contributed by atoms with Crippen molar-refractivity contribution in [1.82, 2.24) is 77.3 Å². The Morgan fingerprint density at radius 3 is 1.60 bits per heavy atom. The van der Waals surface area contributed by atoms with Gasteiger partial charge < -0.3 is 114 Å². The van der Waals surface area contributed by atoms with Crippen LogP contribution in [0, 0.1) is 23.4 Å². The number of carboxylic acid groups (broad SMARTS) is 2. The van der Waals surface area contributed by atoms with Crippen LogP contribution >= 0.6 is 11.8 Å². The zero-order chi connectivity index (χ0) is 98.8. The molecule has 3 aliphatic heterocycles.